The van der Waals surface area contributed by atoms with E-state index in [1.807, 2.05) is 27.7 Å². The quantitative estimate of drug-likeness (QED) is 0.556. The van der Waals surface area contributed by atoms with E-state index in [9.17, 15) is 4.79 Å². The van der Waals surface area contributed by atoms with Gasteiger partial charge in [-0.3, -0.25) is 4.79 Å². The second-order valence-corrected chi connectivity index (χ2v) is 7.75. The summed E-state index contributed by atoms with van der Waals surface area (Å²) in [6, 6.07) is 5.20. The molecule has 1 aromatic rings. The molecule has 0 radical (unpaired) electrons. The average molecular weight is 373 g/mol. The predicted molar refractivity (Wildman–Crippen MR) is 96.5 cm³/mol. The van der Waals surface area contributed by atoms with Crippen molar-refractivity contribution in [2.75, 3.05) is 6.61 Å². The third kappa shape index (κ3) is 4.08. The molecule has 0 aliphatic carbocycles. The maximum Gasteiger partial charge on any atom is 0.466 e. The van der Waals surface area contributed by atoms with Crippen LogP contribution in [0.3, 0.4) is 0 Å². The SMILES string of the molecule is CCOC(=O)CC(B1OC(C)(C)C(C)(C)O1)c1ccc(Cl)cc1Cl. The largest absolute Gasteiger partial charge is 0.466 e. The summed E-state index contributed by atoms with van der Waals surface area (Å²) in [6.45, 7) is 9.98. The summed E-state index contributed by atoms with van der Waals surface area (Å²) in [5.41, 5.74) is -0.236. The molecule has 0 saturated carbocycles. The Morgan fingerprint density at radius 2 is 1.79 bits per heavy atom. The number of carbonyl (C=O) groups excluding carboxylic acids is 1. The lowest BCUT2D eigenvalue weighted by atomic mass is 9.66. The number of esters is 1. The summed E-state index contributed by atoms with van der Waals surface area (Å²) in [7, 11) is -0.599. The Morgan fingerprint density at radius 3 is 2.29 bits per heavy atom. The van der Waals surface area contributed by atoms with Crippen molar-refractivity contribution >= 4 is 36.3 Å². The monoisotopic (exact) mass is 372 g/mol. The van der Waals surface area contributed by atoms with Crippen molar-refractivity contribution in [2.45, 2.75) is 58.1 Å². The lowest BCUT2D eigenvalue weighted by Gasteiger charge is -2.32. The first-order chi connectivity index (χ1) is 11.1. The van der Waals surface area contributed by atoms with Crippen molar-refractivity contribution in [1.29, 1.82) is 0 Å². The maximum absolute atomic E-state index is 12.1. The summed E-state index contributed by atoms with van der Waals surface area (Å²) in [4.78, 5) is 12.1. The van der Waals surface area contributed by atoms with Crippen molar-refractivity contribution in [3.05, 3.63) is 33.8 Å². The minimum absolute atomic E-state index is 0.117. The highest BCUT2D eigenvalue weighted by atomic mass is 35.5. The third-order valence-electron chi connectivity index (χ3n) is 4.65. The Bertz CT molecular complexity index is 603. The van der Waals surface area contributed by atoms with Gasteiger partial charge in [-0.1, -0.05) is 29.3 Å². The molecule has 2 rings (SSSR count). The molecule has 0 aromatic heterocycles. The van der Waals surface area contributed by atoms with Crippen molar-refractivity contribution in [3.8, 4) is 0 Å². The standard InChI is InChI=1S/C17H23BCl2O4/c1-6-22-15(21)10-13(12-8-7-11(19)9-14(12)20)18-23-16(2,3)17(4,5)24-18/h7-9,13H,6,10H2,1-5H3. The summed E-state index contributed by atoms with van der Waals surface area (Å²) >= 11 is 12.3. The highest BCUT2D eigenvalue weighted by Crippen LogP contribution is 2.43. The molecule has 7 heteroatoms. The van der Waals surface area contributed by atoms with Gasteiger partial charge in [0, 0.05) is 15.9 Å². The van der Waals surface area contributed by atoms with Crippen LogP contribution in [0.25, 0.3) is 0 Å². The number of hydrogen-bond acceptors (Lipinski definition) is 4. The number of ether oxygens (including phenoxy) is 1. The Hall–Kier alpha value is -0.745. The fourth-order valence-electron chi connectivity index (χ4n) is 2.61. The molecule has 0 N–H and O–H groups in total. The Morgan fingerprint density at radius 1 is 1.21 bits per heavy atom. The highest BCUT2D eigenvalue weighted by Gasteiger charge is 2.54. The normalized spacial score (nSPS) is 20.0. The fraction of sp³-hybridized carbons (Fsp3) is 0.588. The smallest absolute Gasteiger partial charge is 0.466 e. The molecule has 1 atom stereocenters. The second-order valence-electron chi connectivity index (χ2n) is 6.91. The van der Waals surface area contributed by atoms with Gasteiger partial charge in [-0.2, -0.15) is 0 Å². The zero-order chi connectivity index (χ0) is 18.1. The van der Waals surface area contributed by atoms with Crippen LogP contribution in [0.15, 0.2) is 18.2 Å². The first kappa shape index (κ1) is 19.6. The van der Waals surface area contributed by atoms with Gasteiger partial charge >= 0.3 is 13.1 Å². The van der Waals surface area contributed by atoms with Gasteiger partial charge in [-0.05, 0) is 52.3 Å². The van der Waals surface area contributed by atoms with Crippen LogP contribution in [0.5, 0.6) is 0 Å². The maximum atomic E-state index is 12.1. The van der Waals surface area contributed by atoms with Gasteiger partial charge < -0.3 is 14.0 Å². The van der Waals surface area contributed by atoms with Gasteiger partial charge in [0.1, 0.15) is 0 Å². The lowest BCUT2D eigenvalue weighted by Crippen LogP contribution is -2.41. The van der Waals surface area contributed by atoms with Crippen LogP contribution < -0.4 is 0 Å². The third-order valence-corrected chi connectivity index (χ3v) is 5.22. The van der Waals surface area contributed by atoms with E-state index in [0.29, 0.717) is 16.7 Å². The fourth-order valence-corrected chi connectivity index (χ4v) is 3.16. The van der Waals surface area contributed by atoms with Crippen molar-refractivity contribution in [2.24, 2.45) is 0 Å². The molecule has 1 saturated heterocycles. The van der Waals surface area contributed by atoms with Crippen LogP contribution in [-0.4, -0.2) is 30.9 Å². The van der Waals surface area contributed by atoms with Crippen LogP contribution in [0.4, 0.5) is 0 Å². The van der Waals surface area contributed by atoms with Crippen LogP contribution in [0.1, 0.15) is 52.4 Å². The van der Waals surface area contributed by atoms with Gasteiger partial charge in [0.05, 0.1) is 24.2 Å². The molecular formula is C17H23BCl2O4. The molecule has 1 unspecified atom stereocenters. The minimum atomic E-state index is -0.599. The van der Waals surface area contributed by atoms with Gasteiger partial charge in [-0.25, -0.2) is 0 Å². The first-order valence-electron chi connectivity index (χ1n) is 8.03. The van der Waals surface area contributed by atoms with E-state index in [4.69, 9.17) is 37.2 Å². The summed E-state index contributed by atoms with van der Waals surface area (Å²) < 4.78 is 17.3. The topological polar surface area (TPSA) is 44.8 Å². The molecular weight excluding hydrogens is 350 g/mol. The number of hydrogen-bond donors (Lipinski definition) is 0. The number of benzene rings is 1. The van der Waals surface area contributed by atoms with Crippen molar-refractivity contribution < 1.29 is 18.8 Å². The zero-order valence-electron chi connectivity index (χ0n) is 14.7. The van der Waals surface area contributed by atoms with Gasteiger partial charge in [0.2, 0.25) is 0 Å². The number of halogens is 2. The molecule has 1 aromatic carbocycles. The molecule has 4 nitrogen and oxygen atoms in total. The minimum Gasteiger partial charge on any atom is -0.466 e. The number of rotatable bonds is 5. The molecule has 0 bridgehead atoms. The van der Waals surface area contributed by atoms with E-state index in [2.05, 4.69) is 0 Å². The average Bonchev–Trinajstić information content (AvgIpc) is 2.65. The van der Waals surface area contributed by atoms with E-state index in [0.717, 1.165) is 5.56 Å². The van der Waals surface area contributed by atoms with Crippen LogP contribution in [0, 0.1) is 0 Å². The van der Waals surface area contributed by atoms with E-state index in [1.54, 1.807) is 25.1 Å². The van der Waals surface area contributed by atoms with Crippen LogP contribution in [0.2, 0.25) is 10.0 Å². The van der Waals surface area contributed by atoms with Gasteiger partial charge in [0.15, 0.2) is 0 Å². The Labute approximate surface area is 153 Å². The van der Waals surface area contributed by atoms with E-state index >= 15 is 0 Å². The van der Waals surface area contributed by atoms with E-state index in [-0.39, 0.29) is 18.2 Å². The summed E-state index contributed by atoms with van der Waals surface area (Å²) in [5, 5.41) is 1.01. The summed E-state index contributed by atoms with van der Waals surface area (Å²) in [6.07, 6.45) is 0.117. The van der Waals surface area contributed by atoms with Crippen molar-refractivity contribution in [3.63, 3.8) is 0 Å². The summed E-state index contributed by atoms with van der Waals surface area (Å²) in [5.74, 6) is -0.696. The Kier molecular flexibility index (Phi) is 5.91. The van der Waals surface area contributed by atoms with Gasteiger partial charge in [-0.15, -0.1) is 0 Å². The molecule has 0 amide bonds. The first-order valence-corrected chi connectivity index (χ1v) is 8.79. The molecule has 1 aliphatic rings. The highest BCUT2D eigenvalue weighted by molar-refractivity contribution is 6.48. The number of carbonyl (C=O) groups is 1. The molecule has 1 aliphatic heterocycles. The van der Waals surface area contributed by atoms with Gasteiger partial charge in [0.25, 0.3) is 0 Å². The predicted octanol–water partition coefficient (Wildman–Crippen LogP) is 4.66. The zero-order valence-corrected chi connectivity index (χ0v) is 16.2. The molecule has 132 valence electrons. The van der Waals surface area contributed by atoms with E-state index < -0.39 is 18.3 Å². The molecule has 1 fully saturated rings. The van der Waals surface area contributed by atoms with Crippen LogP contribution >= 0.6 is 23.2 Å². The second kappa shape index (κ2) is 7.24. The van der Waals surface area contributed by atoms with E-state index in [1.165, 1.54) is 0 Å². The molecule has 0 spiro atoms. The lowest BCUT2D eigenvalue weighted by molar-refractivity contribution is -0.143. The van der Waals surface area contributed by atoms with Crippen molar-refractivity contribution in [1.82, 2.24) is 0 Å². The molecule has 1 heterocycles. The van der Waals surface area contributed by atoms with Crippen LogP contribution in [-0.2, 0) is 18.8 Å². The Balaban J connectivity index is 2.35. The molecule has 24 heavy (non-hydrogen) atoms.